The number of fused-ring (bicyclic) bond motifs is 4. The summed E-state index contributed by atoms with van der Waals surface area (Å²) < 4.78 is 52.0. The van der Waals surface area contributed by atoms with Gasteiger partial charge in [-0.15, -0.1) is 0 Å². The van der Waals surface area contributed by atoms with E-state index in [1.54, 1.807) is 10.6 Å². The van der Waals surface area contributed by atoms with E-state index in [-0.39, 0.29) is 16.5 Å². The SMILES string of the molecule is NS(=O)(=O)c1ccc(Nc2ncc3cc4n(c3n2)C2(CCCCC2)C(=O)N=C4C(F)F)cc1. The quantitative estimate of drug-likeness (QED) is 0.597. The molecule has 33 heavy (non-hydrogen) atoms. The van der Waals surface area contributed by atoms with Crippen molar-refractivity contribution in [3.05, 3.63) is 42.2 Å². The van der Waals surface area contributed by atoms with Crippen LogP contribution >= 0.6 is 0 Å². The molecule has 0 unspecified atom stereocenters. The molecule has 172 valence electrons. The van der Waals surface area contributed by atoms with Crippen molar-refractivity contribution in [3.63, 3.8) is 0 Å². The molecule has 1 aromatic carbocycles. The second-order valence-electron chi connectivity index (χ2n) is 8.23. The van der Waals surface area contributed by atoms with E-state index < -0.39 is 33.6 Å². The average molecular weight is 474 g/mol. The van der Waals surface area contributed by atoms with Crippen LogP contribution in [0.5, 0.6) is 0 Å². The topological polar surface area (TPSA) is 132 Å². The highest BCUT2D eigenvalue weighted by Gasteiger charge is 2.48. The van der Waals surface area contributed by atoms with Gasteiger partial charge in [0.2, 0.25) is 16.0 Å². The molecule has 0 atom stereocenters. The number of hydrogen-bond acceptors (Lipinski definition) is 6. The maximum absolute atomic E-state index is 13.7. The van der Waals surface area contributed by atoms with Crippen LogP contribution in [0, 0.1) is 0 Å². The van der Waals surface area contributed by atoms with Crippen LogP contribution in [0.25, 0.3) is 11.0 Å². The predicted molar refractivity (Wildman–Crippen MR) is 117 cm³/mol. The number of anilines is 2. The van der Waals surface area contributed by atoms with Crippen molar-refractivity contribution >= 4 is 44.3 Å². The zero-order valence-electron chi connectivity index (χ0n) is 17.3. The minimum atomic E-state index is -3.82. The third kappa shape index (κ3) is 3.59. The second-order valence-corrected chi connectivity index (χ2v) is 9.79. The van der Waals surface area contributed by atoms with Gasteiger partial charge in [-0.05, 0) is 43.2 Å². The second kappa shape index (κ2) is 7.66. The summed E-state index contributed by atoms with van der Waals surface area (Å²) in [5.41, 5.74) is -0.526. The molecule has 9 nitrogen and oxygen atoms in total. The Morgan fingerprint density at radius 1 is 1.12 bits per heavy atom. The van der Waals surface area contributed by atoms with Crippen LogP contribution in [0.1, 0.15) is 37.8 Å². The molecule has 5 rings (SSSR count). The number of rotatable bonds is 4. The smallest absolute Gasteiger partial charge is 0.282 e. The minimum Gasteiger partial charge on any atom is -0.324 e. The molecule has 1 saturated carbocycles. The summed E-state index contributed by atoms with van der Waals surface area (Å²) in [5.74, 6) is -0.388. The normalized spacial score (nSPS) is 17.9. The predicted octanol–water partition coefficient (Wildman–Crippen LogP) is 3.08. The lowest BCUT2D eigenvalue weighted by molar-refractivity contribution is -0.128. The van der Waals surface area contributed by atoms with Gasteiger partial charge in [0.1, 0.15) is 16.9 Å². The summed E-state index contributed by atoms with van der Waals surface area (Å²) in [4.78, 5) is 25.6. The number of nitrogens with zero attached hydrogens (tertiary/aromatic N) is 4. The highest BCUT2D eigenvalue weighted by molar-refractivity contribution is 7.89. The lowest BCUT2D eigenvalue weighted by Crippen LogP contribution is -2.48. The highest BCUT2D eigenvalue weighted by atomic mass is 32.2. The molecule has 3 N–H and O–H groups in total. The Bertz CT molecular complexity index is 1390. The maximum Gasteiger partial charge on any atom is 0.282 e. The van der Waals surface area contributed by atoms with E-state index in [0.29, 0.717) is 29.6 Å². The Hall–Kier alpha value is -3.25. The van der Waals surface area contributed by atoms with Crippen LogP contribution in [-0.2, 0) is 20.4 Å². The molecule has 1 aliphatic carbocycles. The fraction of sp³-hybridized carbons (Fsp3) is 0.333. The van der Waals surface area contributed by atoms with Gasteiger partial charge < -0.3 is 9.88 Å². The van der Waals surface area contributed by atoms with E-state index >= 15 is 0 Å². The molecule has 3 heterocycles. The van der Waals surface area contributed by atoms with Gasteiger partial charge in [-0.2, -0.15) is 4.98 Å². The number of aliphatic imine (C=N–C) groups is 1. The number of alkyl halides is 2. The molecule has 0 bridgehead atoms. The van der Waals surface area contributed by atoms with Gasteiger partial charge in [-0.3, -0.25) is 4.79 Å². The van der Waals surface area contributed by atoms with Gasteiger partial charge in [-0.25, -0.2) is 32.3 Å². The highest BCUT2D eigenvalue weighted by Crippen LogP contribution is 2.42. The van der Waals surface area contributed by atoms with Crippen LogP contribution in [0.15, 0.2) is 46.4 Å². The summed E-state index contributed by atoms with van der Waals surface area (Å²) in [7, 11) is -3.82. The average Bonchev–Trinajstić information content (AvgIpc) is 3.16. The Morgan fingerprint density at radius 3 is 2.45 bits per heavy atom. The molecular formula is C21H20F2N6O3S. The van der Waals surface area contributed by atoms with Crippen molar-refractivity contribution in [2.24, 2.45) is 10.1 Å². The van der Waals surface area contributed by atoms with Gasteiger partial charge in [0.05, 0.1) is 10.6 Å². The molecular weight excluding hydrogens is 454 g/mol. The van der Waals surface area contributed by atoms with Gasteiger partial charge in [0.15, 0.2) is 0 Å². The van der Waals surface area contributed by atoms with E-state index in [9.17, 15) is 22.0 Å². The molecule has 0 radical (unpaired) electrons. The number of halogens is 2. The molecule has 2 aliphatic rings. The fourth-order valence-electron chi connectivity index (χ4n) is 4.63. The molecule has 12 heteroatoms. The molecule has 2 aromatic heterocycles. The summed E-state index contributed by atoms with van der Waals surface area (Å²) in [6.07, 6.45) is 2.15. The van der Waals surface area contributed by atoms with E-state index in [1.165, 1.54) is 30.5 Å². The number of aromatic nitrogens is 3. The lowest BCUT2D eigenvalue weighted by Gasteiger charge is -2.39. The van der Waals surface area contributed by atoms with Crippen LogP contribution in [0.3, 0.4) is 0 Å². The number of sulfonamides is 1. The summed E-state index contributed by atoms with van der Waals surface area (Å²) >= 11 is 0. The zero-order chi connectivity index (χ0) is 23.4. The number of carbonyl (C=O) groups excluding carboxylic acids is 1. The van der Waals surface area contributed by atoms with Crippen LogP contribution in [-0.4, -0.2) is 41.0 Å². The first kappa shape index (κ1) is 21.6. The standard InChI is InChI=1S/C21H20F2N6O3S/c22-17(23)16-15-10-12-11-25-20(26-13-4-6-14(7-5-13)33(24,31)32)28-18(12)29(15)21(19(30)27-16)8-2-1-3-9-21/h4-7,10-11,17H,1-3,8-9H2,(H2,24,31,32)(H,25,26,28). The first-order valence-electron chi connectivity index (χ1n) is 10.4. The van der Waals surface area contributed by atoms with Crippen molar-refractivity contribution in [2.75, 3.05) is 5.32 Å². The van der Waals surface area contributed by atoms with Crippen molar-refractivity contribution in [2.45, 2.75) is 49.0 Å². The summed E-state index contributed by atoms with van der Waals surface area (Å²) in [5, 5.41) is 8.61. The first-order chi connectivity index (χ1) is 15.7. The third-order valence-corrected chi connectivity index (χ3v) is 7.11. The van der Waals surface area contributed by atoms with Crippen molar-refractivity contribution < 1.29 is 22.0 Å². The Morgan fingerprint density at radius 2 is 1.82 bits per heavy atom. The van der Waals surface area contributed by atoms with E-state index in [2.05, 4.69) is 20.3 Å². The van der Waals surface area contributed by atoms with Crippen LogP contribution in [0.4, 0.5) is 20.4 Å². The Kier molecular flexibility index (Phi) is 5.01. The van der Waals surface area contributed by atoms with Crippen molar-refractivity contribution in [1.82, 2.24) is 14.5 Å². The van der Waals surface area contributed by atoms with E-state index in [4.69, 9.17) is 5.14 Å². The Balaban J connectivity index is 1.60. The largest absolute Gasteiger partial charge is 0.324 e. The molecule has 1 fully saturated rings. The number of carbonyl (C=O) groups is 1. The van der Waals surface area contributed by atoms with Gasteiger partial charge in [-0.1, -0.05) is 19.3 Å². The van der Waals surface area contributed by atoms with Gasteiger partial charge in [0, 0.05) is 17.3 Å². The molecule has 0 saturated heterocycles. The minimum absolute atomic E-state index is 0.0401. The number of nitrogens with two attached hydrogens (primary N) is 1. The Labute approximate surface area is 187 Å². The van der Waals surface area contributed by atoms with Crippen LogP contribution in [0.2, 0.25) is 0 Å². The number of amides is 1. The molecule has 3 aromatic rings. The maximum atomic E-state index is 13.7. The van der Waals surface area contributed by atoms with Gasteiger partial charge in [0.25, 0.3) is 12.3 Å². The fourth-order valence-corrected chi connectivity index (χ4v) is 5.14. The summed E-state index contributed by atoms with van der Waals surface area (Å²) in [6.45, 7) is 0. The monoisotopic (exact) mass is 474 g/mol. The summed E-state index contributed by atoms with van der Waals surface area (Å²) in [6, 6.07) is 7.25. The molecule has 1 spiro atoms. The van der Waals surface area contributed by atoms with Crippen molar-refractivity contribution in [1.29, 1.82) is 0 Å². The number of benzene rings is 1. The third-order valence-electron chi connectivity index (χ3n) is 6.18. The lowest BCUT2D eigenvalue weighted by atomic mass is 9.79. The van der Waals surface area contributed by atoms with Gasteiger partial charge >= 0.3 is 0 Å². The van der Waals surface area contributed by atoms with Crippen molar-refractivity contribution in [3.8, 4) is 0 Å². The van der Waals surface area contributed by atoms with E-state index in [1.807, 2.05) is 0 Å². The van der Waals surface area contributed by atoms with Crippen LogP contribution < -0.4 is 10.5 Å². The number of hydrogen-bond donors (Lipinski definition) is 2. The molecule has 1 amide bonds. The number of nitrogens with one attached hydrogen (secondary N) is 1. The number of primary sulfonamides is 1. The molecule has 1 aliphatic heterocycles. The zero-order valence-corrected chi connectivity index (χ0v) is 18.1. The van der Waals surface area contributed by atoms with E-state index in [0.717, 1.165) is 19.3 Å². The first-order valence-corrected chi connectivity index (χ1v) is 11.9.